The molecule has 118 valence electrons. The van der Waals surface area contributed by atoms with Gasteiger partial charge in [-0.3, -0.25) is 10.1 Å². The first-order chi connectivity index (χ1) is 10.5. The number of benzene rings is 1. The number of nitro groups is 1. The second-order valence-corrected chi connectivity index (χ2v) is 5.52. The van der Waals surface area contributed by atoms with Crippen LogP contribution in [0.5, 0.6) is 0 Å². The summed E-state index contributed by atoms with van der Waals surface area (Å²) in [5.74, 6) is 1.71. The molecule has 1 aromatic carbocycles. The summed E-state index contributed by atoms with van der Waals surface area (Å²) in [6.07, 6.45) is 0. The maximum atomic E-state index is 10.7. The summed E-state index contributed by atoms with van der Waals surface area (Å²) in [5.41, 5.74) is 0.952. The van der Waals surface area contributed by atoms with Crippen LogP contribution in [-0.4, -0.2) is 29.0 Å². The van der Waals surface area contributed by atoms with Gasteiger partial charge >= 0.3 is 0 Å². The quantitative estimate of drug-likeness (QED) is 0.437. The van der Waals surface area contributed by atoms with Crippen LogP contribution in [0.2, 0.25) is 0 Å². The molecule has 0 aliphatic carbocycles. The van der Waals surface area contributed by atoms with E-state index in [1.807, 2.05) is 12.1 Å². The zero-order valence-corrected chi connectivity index (χ0v) is 13.4. The molecule has 2 rings (SSSR count). The van der Waals surface area contributed by atoms with Crippen molar-refractivity contribution in [2.75, 3.05) is 19.6 Å². The summed E-state index contributed by atoms with van der Waals surface area (Å²) >= 11 is 0. The summed E-state index contributed by atoms with van der Waals surface area (Å²) in [7, 11) is 0. The van der Waals surface area contributed by atoms with E-state index in [0.717, 1.165) is 47.7 Å². The van der Waals surface area contributed by atoms with E-state index in [2.05, 4.69) is 20.8 Å². The molecule has 0 unspecified atom stereocenters. The minimum absolute atomic E-state index is 0.0918. The first-order valence-corrected chi connectivity index (χ1v) is 7.72. The van der Waals surface area contributed by atoms with E-state index in [1.54, 1.807) is 12.1 Å². The molecule has 2 aromatic rings. The van der Waals surface area contributed by atoms with Gasteiger partial charge in [0.25, 0.3) is 5.69 Å². The van der Waals surface area contributed by atoms with Gasteiger partial charge in [-0.2, -0.15) is 0 Å². The van der Waals surface area contributed by atoms with E-state index in [1.165, 1.54) is 12.1 Å². The van der Waals surface area contributed by atoms with E-state index in [0.29, 0.717) is 0 Å². The van der Waals surface area contributed by atoms with E-state index in [4.69, 9.17) is 4.42 Å². The smallest absolute Gasteiger partial charge is 0.269 e. The molecule has 0 radical (unpaired) electrons. The Hall–Kier alpha value is -2.14. The predicted molar refractivity (Wildman–Crippen MR) is 86.4 cm³/mol. The lowest BCUT2D eigenvalue weighted by Crippen LogP contribution is -2.46. The van der Waals surface area contributed by atoms with Crippen LogP contribution >= 0.6 is 0 Å². The first-order valence-electron chi connectivity index (χ1n) is 7.72. The van der Waals surface area contributed by atoms with Crippen LogP contribution in [0, 0.1) is 10.1 Å². The molecule has 1 aromatic heterocycles. The maximum Gasteiger partial charge on any atom is 0.269 e. The van der Waals surface area contributed by atoms with E-state index < -0.39 is 4.92 Å². The van der Waals surface area contributed by atoms with Crippen molar-refractivity contribution in [2.24, 2.45) is 0 Å². The lowest BCUT2D eigenvalue weighted by Gasteiger charge is -2.34. The molecule has 5 nitrogen and oxygen atoms in total. The highest BCUT2D eigenvalue weighted by Gasteiger charge is 2.23. The first kappa shape index (κ1) is 16.2. The number of quaternary nitrogens is 1. The number of nitrogens with zero attached hydrogens (tertiary/aromatic N) is 2. The third-order valence-electron chi connectivity index (χ3n) is 4.53. The Labute approximate surface area is 130 Å². The summed E-state index contributed by atoms with van der Waals surface area (Å²) < 4.78 is 6.94. The van der Waals surface area contributed by atoms with Crippen molar-refractivity contribution in [1.29, 1.82) is 0 Å². The topological polar surface area (TPSA) is 56.3 Å². The van der Waals surface area contributed by atoms with Gasteiger partial charge in [-0.25, -0.2) is 0 Å². The molecule has 0 aliphatic heterocycles. The second-order valence-electron chi connectivity index (χ2n) is 5.52. The molecule has 0 saturated heterocycles. The number of rotatable bonds is 7. The van der Waals surface area contributed by atoms with Crippen molar-refractivity contribution >= 4 is 5.69 Å². The number of furan rings is 1. The highest BCUT2D eigenvalue weighted by molar-refractivity contribution is 5.59. The van der Waals surface area contributed by atoms with Gasteiger partial charge in [-0.1, -0.05) is 0 Å². The third-order valence-corrected chi connectivity index (χ3v) is 4.53. The van der Waals surface area contributed by atoms with Crippen molar-refractivity contribution in [1.82, 2.24) is 0 Å². The minimum atomic E-state index is -0.396. The zero-order chi connectivity index (χ0) is 16.2. The van der Waals surface area contributed by atoms with Crippen LogP contribution in [0.15, 0.2) is 40.8 Å². The molecule has 0 amide bonds. The Morgan fingerprint density at radius 3 is 2.09 bits per heavy atom. The van der Waals surface area contributed by atoms with Crippen LogP contribution in [0.3, 0.4) is 0 Å². The normalized spacial score (nSPS) is 11.6. The van der Waals surface area contributed by atoms with Crippen LogP contribution in [0.4, 0.5) is 5.69 Å². The monoisotopic (exact) mass is 303 g/mol. The average molecular weight is 303 g/mol. The Bertz CT molecular complexity index is 619. The van der Waals surface area contributed by atoms with Crippen LogP contribution in [0.1, 0.15) is 26.5 Å². The van der Waals surface area contributed by atoms with Gasteiger partial charge in [-0.15, -0.1) is 0 Å². The summed E-state index contributed by atoms with van der Waals surface area (Å²) in [6.45, 7) is 10.7. The molecular formula is C17H23N2O3+. The standard InChI is InChI=1S/C17H23N2O3/c1-4-19(5-2,6-3)13-16-11-12-17(22-16)14-7-9-15(10-8-14)18(20)21/h7-12H,4-6,13H2,1-3H3/q+1. The van der Waals surface area contributed by atoms with Gasteiger partial charge in [0.1, 0.15) is 12.3 Å². The molecule has 0 fully saturated rings. The van der Waals surface area contributed by atoms with E-state index in [-0.39, 0.29) is 5.69 Å². The van der Waals surface area contributed by atoms with E-state index >= 15 is 0 Å². The minimum Gasteiger partial charge on any atom is -0.455 e. The fraction of sp³-hybridized carbons (Fsp3) is 0.412. The molecule has 0 spiro atoms. The molecule has 5 heteroatoms. The highest BCUT2D eigenvalue weighted by Crippen LogP contribution is 2.26. The molecule has 0 N–H and O–H groups in total. The van der Waals surface area contributed by atoms with Crippen molar-refractivity contribution in [3.63, 3.8) is 0 Å². The van der Waals surface area contributed by atoms with Gasteiger partial charge in [0.2, 0.25) is 0 Å². The van der Waals surface area contributed by atoms with Gasteiger partial charge in [0.15, 0.2) is 5.76 Å². The Kier molecular flexibility index (Phi) is 4.98. The summed E-state index contributed by atoms with van der Waals surface area (Å²) in [4.78, 5) is 10.3. The van der Waals surface area contributed by atoms with Gasteiger partial charge in [0, 0.05) is 17.7 Å². The molecule has 0 saturated carbocycles. The molecule has 0 bridgehead atoms. The largest absolute Gasteiger partial charge is 0.455 e. The SMILES string of the molecule is CC[N+](CC)(CC)Cc1ccc(-c2ccc([N+](=O)[O-])cc2)o1. The zero-order valence-electron chi connectivity index (χ0n) is 13.4. The second kappa shape index (κ2) is 6.75. The number of hydrogen-bond donors (Lipinski definition) is 0. The molecule has 0 aliphatic rings. The predicted octanol–water partition coefficient (Wildman–Crippen LogP) is 4.23. The summed E-state index contributed by atoms with van der Waals surface area (Å²) in [6, 6.07) is 10.4. The lowest BCUT2D eigenvalue weighted by molar-refractivity contribution is -0.936. The Morgan fingerprint density at radius 2 is 1.59 bits per heavy atom. The summed E-state index contributed by atoms with van der Waals surface area (Å²) in [5, 5.41) is 10.7. The number of hydrogen-bond acceptors (Lipinski definition) is 3. The molecule has 0 atom stereocenters. The molecular weight excluding hydrogens is 280 g/mol. The number of non-ortho nitro benzene ring substituents is 1. The molecule has 1 heterocycles. The number of nitro benzene ring substituents is 1. The van der Waals surface area contributed by atoms with E-state index in [9.17, 15) is 10.1 Å². The van der Waals surface area contributed by atoms with Crippen LogP contribution in [-0.2, 0) is 6.54 Å². The van der Waals surface area contributed by atoms with Gasteiger partial charge < -0.3 is 8.90 Å². The molecule has 22 heavy (non-hydrogen) atoms. The fourth-order valence-electron chi connectivity index (χ4n) is 2.70. The third kappa shape index (κ3) is 3.36. The maximum absolute atomic E-state index is 10.7. The van der Waals surface area contributed by atoms with Gasteiger partial charge in [-0.05, 0) is 45.0 Å². The van der Waals surface area contributed by atoms with Crippen molar-refractivity contribution in [3.05, 3.63) is 52.3 Å². The van der Waals surface area contributed by atoms with Gasteiger partial charge in [0.05, 0.1) is 24.6 Å². The highest BCUT2D eigenvalue weighted by atomic mass is 16.6. The van der Waals surface area contributed by atoms with Crippen LogP contribution < -0.4 is 0 Å². The van der Waals surface area contributed by atoms with Crippen LogP contribution in [0.25, 0.3) is 11.3 Å². The average Bonchev–Trinajstić information content (AvgIpc) is 3.01. The van der Waals surface area contributed by atoms with Crippen molar-refractivity contribution in [3.8, 4) is 11.3 Å². The fourth-order valence-corrected chi connectivity index (χ4v) is 2.70. The van der Waals surface area contributed by atoms with Crippen molar-refractivity contribution < 1.29 is 13.8 Å². The van der Waals surface area contributed by atoms with Crippen molar-refractivity contribution in [2.45, 2.75) is 27.3 Å². The lowest BCUT2D eigenvalue weighted by atomic mass is 10.1. The Balaban J connectivity index is 2.19. The Morgan fingerprint density at radius 1 is 1.00 bits per heavy atom.